The summed E-state index contributed by atoms with van der Waals surface area (Å²) in [5.41, 5.74) is -0.310. The molecule has 0 aliphatic carbocycles. The number of amides is 1. The molecule has 2 rings (SSSR count). The number of nitrogens with zero attached hydrogens (tertiary/aromatic N) is 2. The lowest BCUT2D eigenvalue weighted by Gasteiger charge is -2.26. The lowest BCUT2D eigenvalue weighted by atomic mass is 10.1. The molecule has 0 aliphatic heterocycles. The van der Waals surface area contributed by atoms with Gasteiger partial charge >= 0.3 is 24.0 Å². The van der Waals surface area contributed by atoms with Crippen LogP contribution in [0.5, 0.6) is 0 Å². The average Bonchev–Trinajstić information content (AvgIpc) is 2.90. The van der Waals surface area contributed by atoms with Crippen molar-refractivity contribution in [3.05, 3.63) is 75.8 Å². The Hall–Kier alpha value is -4.52. The van der Waals surface area contributed by atoms with Crippen molar-refractivity contribution in [1.82, 2.24) is 10.2 Å². The summed E-state index contributed by atoms with van der Waals surface area (Å²) in [6.07, 6.45) is -0.965. The second kappa shape index (κ2) is 16.4. The van der Waals surface area contributed by atoms with Gasteiger partial charge in [-0.05, 0) is 52.7 Å². The van der Waals surface area contributed by atoms with E-state index in [9.17, 15) is 29.3 Å². The van der Waals surface area contributed by atoms with Gasteiger partial charge in [-0.15, -0.1) is 0 Å². The Kier molecular flexibility index (Phi) is 13.3. The molecule has 0 heterocycles. The lowest BCUT2D eigenvalue weighted by molar-refractivity contribution is -0.384. The number of hydrogen-bond acceptors (Lipinski definition) is 11. The fourth-order valence-electron chi connectivity index (χ4n) is 3.79. The first-order valence-corrected chi connectivity index (χ1v) is 14.0. The molecule has 0 bridgehead atoms. The Bertz CT molecular complexity index is 1240. The van der Waals surface area contributed by atoms with Crippen molar-refractivity contribution in [3.63, 3.8) is 0 Å². The number of benzene rings is 2. The van der Waals surface area contributed by atoms with Crippen molar-refractivity contribution < 1.29 is 43.0 Å². The second-order valence-corrected chi connectivity index (χ2v) is 11.9. The normalized spacial score (nSPS) is 12.2. The third kappa shape index (κ3) is 14.6. The maximum absolute atomic E-state index is 13.0. The maximum Gasteiger partial charge on any atom is 0.407 e. The molecule has 0 saturated heterocycles. The molecule has 44 heavy (non-hydrogen) atoms. The minimum atomic E-state index is -1.17. The van der Waals surface area contributed by atoms with Crippen LogP contribution >= 0.6 is 0 Å². The molecule has 2 aromatic carbocycles. The molecule has 240 valence electrons. The molecule has 0 fully saturated rings. The smallest absolute Gasteiger partial charge is 0.407 e. The van der Waals surface area contributed by atoms with Crippen molar-refractivity contribution in [2.75, 3.05) is 26.2 Å². The summed E-state index contributed by atoms with van der Waals surface area (Å²) < 4.78 is 21.4. The molecule has 0 unspecified atom stereocenters. The maximum atomic E-state index is 13.0. The van der Waals surface area contributed by atoms with Gasteiger partial charge < -0.3 is 24.3 Å². The topological polar surface area (TPSA) is 164 Å². The van der Waals surface area contributed by atoms with Crippen LogP contribution < -0.4 is 5.32 Å². The Morgan fingerprint density at radius 1 is 0.818 bits per heavy atom. The largest absolute Gasteiger partial charge is 0.459 e. The number of nitro groups is 1. The number of carbonyl (C=O) groups excluding carboxylic acids is 4. The third-order valence-electron chi connectivity index (χ3n) is 5.57. The minimum absolute atomic E-state index is 0.0165. The van der Waals surface area contributed by atoms with Crippen molar-refractivity contribution in [1.29, 1.82) is 0 Å². The van der Waals surface area contributed by atoms with Crippen molar-refractivity contribution in [2.24, 2.45) is 0 Å². The van der Waals surface area contributed by atoms with Crippen LogP contribution in [0.25, 0.3) is 0 Å². The van der Waals surface area contributed by atoms with Crippen LogP contribution in [0.15, 0.2) is 54.6 Å². The summed E-state index contributed by atoms with van der Waals surface area (Å²) in [5.74, 6) is -1.88. The molecule has 0 aromatic heterocycles. The summed E-state index contributed by atoms with van der Waals surface area (Å²) in [6, 6.07) is 13.3. The highest BCUT2D eigenvalue weighted by atomic mass is 16.6. The van der Waals surface area contributed by atoms with E-state index in [1.807, 2.05) is 6.07 Å². The van der Waals surface area contributed by atoms with Crippen LogP contribution in [0.1, 0.15) is 52.7 Å². The molecule has 0 saturated carbocycles. The zero-order chi connectivity index (χ0) is 32.9. The van der Waals surface area contributed by atoms with E-state index < -0.39 is 46.2 Å². The van der Waals surface area contributed by atoms with Gasteiger partial charge in [0.05, 0.1) is 18.0 Å². The van der Waals surface area contributed by atoms with Crippen LogP contribution in [-0.4, -0.2) is 77.3 Å². The first kappa shape index (κ1) is 35.7. The summed E-state index contributed by atoms with van der Waals surface area (Å²) in [7, 11) is 0. The number of carbonyl (C=O) groups is 4. The van der Waals surface area contributed by atoms with Crippen LogP contribution in [0.3, 0.4) is 0 Å². The zero-order valence-electron chi connectivity index (χ0n) is 26.0. The number of hydrogen-bond donors (Lipinski definition) is 1. The van der Waals surface area contributed by atoms with Crippen molar-refractivity contribution in [2.45, 2.75) is 71.8 Å². The SMILES string of the molecule is CC(C)(C)OC(=O)CN(CCOC(=O)N[C@@H](Cc1ccc([N+](=O)[O-])cc1)C(=O)OCc1ccccc1)CC(=O)OC(C)(C)C. The van der Waals surface area contributed by atoms with Crippen LogP contribution in [0.2, 0.25) is 0 Å². The van der Waals surface area contributed by atoms with Crippen molar-refractivity contribution in [3.8, 4) is 0 Å². The first-order chi connectivity index (χ1) is 20.5. The van der Waals surface area contributed by atoms with E-state index >= 15 is 0 Å². The Balaban J connectivity index is 2.06. The Morgan fingerprint density at radius 2 is 1.36 bits per heavy atom. The number of rotatable bonds is 14. The number of nitrogens with one attached hydrogen (secondary N) is 1. The van der Waals surface area contributed by atoms with E-state index in [2.05, 4.69) is 5.32 Å². The fourth-order valence-corrected chi connectivity index (χ4v) is 3.79. The van der Waals surface area contributed by atoms with Crippen LogP contribution in [0, 0.1) is 10.1 Å². The Morgan fingerprint density at radius 3 is 1.86 bits per heavy atom. The van der Waals surface area contributed by atoms with Gasteiger partial charge in [0.2, 0.25) is 0 Å². The summed E-state index contributed by atoms with van der Waals surface area (Å²) >= 11 is 0. The number of esters is 3. The second-order valence-electron chi connectivity index (χ2n) is 11.9. The number of non-ortho nitro benzene ring substituents is 1. The van der Waals surface area contributed by atoms with E-state index in [-0.39, 0.29) is 45.0 Å². The molecule has 0 spiro atoms. The molecule has 1 amide bonds. The molecule has 1 N–H and O–H groups in total. The van der Waals surface area contributed by atoms with Gasteiger partial charge in [0.15, 0.2) is 0 Å². The quantitative estimate of drug-likeness (QED) is 0.142. The number of ether oxygens (including phenoxy) is 4. The van der Waals surface area contributed by atoms with E-state index in [0.29, 0.717) is 5.56 Å². The Labute approximate surface area is 256 Å². The van der Waals surface area contributed by atoms with Gasteiger partial charge in [-0.2, -0.15) is 0 Å². The average molecular weight is 616 g/mol. The van der Waals surface area contributed by atoms with Gasteiger partial charge in [-0.3, -0.25) is 24.6 Å². The predicted molar refractivity (Wildman–Crippen MR) is 159 cm³/mol. The monoisotopic (exact) mass is 615 g/mol. The van der Waals surface area contributed by atoms with Gasteiger partial charge in [-0.1, -0.05) is 42.5 Å². The standard InChI is InChI=1S/C31H41N3O10/c1-30(2,3)43-26(35)19-33(20-27(36)44-31(4,5)6)16-17-41-29(38)32-25(18-22-12-14-24(15-13-22)34(39)40)28(37)42-21-23-10-8-7-9-11-23/h7-15,25H,16-21H2,1-6H3,(H,32,38)/t25-/m0/s1. The van der Waals surface area contributed by atoms with Crippen molar-refractivity contribution >= 4 is 29.7 Å². The van der Waals surface area contributed by atoms with Crippen LogP contribution in [0.4, 0.5) is 10.5 Å². The van der Waals surface area contributed by atoms with Gasteiger partial charge in [-0.25, -0.2) is 9.59 Å². The van der Waals surface area contributed by atoms with Crippen LogP contribution in [-0.2, 0) is 46.4 Å². The predicted octanol–water partition coefficient (Wildman–Crippen LogP) is 3.96. The highest BCUT2D eigenvalue weighted by Crippen LogP contribution is 2.15. The minimum Gasteiger partial charge on any atom is -0.459 e. The number of alkyl carbamates (subject to hydrolysis) is 1. The van der Waals surface area contributed by atoms with Gasteiger partial charge in [0.25, 0.3) is 5.69 Å². The fraction of sp³-hybridized carbons (Fsp3) is 0.484. The molecule has 13 heteroatoms. The third-order valence-corrected chi connectivity index (χ3v) is 5.57. The lowest BCUT2D eigenvalue weighted by Crippen LogP contribution is -2.45. The van der Waals surface area contributed by atoms with E-state index in [4.69, 9.17) is 18.9 Å². The molecule has 1 atom stereocenters. The van der Waals surface area contributed by atoms with E-state index in [0.717, 1.165) is 5.56 Å². The molecule has 0 radical (unpaired) electrons. The molecule has 2 aromatic rings. The van der Waals surface area contributed by atoms with E-state index in [1.165, 1.54) is 29.2 Å². The van der Waals surface area contributed by atoms with Gasteiger partial charge in [0, 0.05) is 25.1 Å². The summed E-state index contributed by atoms with van der Waals surface area (Å²) in [6.45, 7) is 9.51. The highest BCUT2D eigenvalue weighted by Gasteiger charge is 2.26. The van der Waals surface area contributed by atoms with Gasteiger partial charge in [0.1, 0.15) is 30.5 Å². The molecule has 0 aliphatic rings. The summed E-state index contributed by atoms with van der Waals surface area (Å²) in [5, 5.41) is 13.5. The molecular formula is C31H41N3O10. The molecule has 13 nitrogen and oxygen atoms in total. The molecular weight excluding hydrogens is 574 g/mol. The number of nitro benzene ring substituents is 1. The zero-order valence-corrected chi connectivity index (χ0v) is 26.0. The highest BCUT2D eigenvalue weighted by molar-refractivity contribution is 5.81. The first-order valence-electron chi connectivity index (χ1n) is 14.0. The van der Waals surface area contributed by atoms with E-state index in [1.54, 1.807) is 65.8 Å². The summed E-state index contributed by atoms with van der Waals surface area (Å²) in [4.78, 5) is 62.4.